The van der Waals surface area contributed by atoms with E-state index in [1.54, 1.807) is 0 Å². The topological polar surface area (TPSA) is 287 Å². The molecule has 40 heavy (non-hydrogen) atoms. The zero-order valence-corrected chi connectivity index (χ0v) is 21.8. The number of carbonyl (C=O) groups is 8. The third-order valence-corrected chi connectivity index (χ3v) is 5.75. The molecule has 6 amide bonds. The number of carboxylic acid groups (broad SMARTS) is 2. The fourth-order valence-electron chi connectivity index (χ4n) is 3.62. The molecule has 1 fully saturated rings. The Balaban J connectivity index is 2.71. The number of rotatable bonds is 16. The van der Waals surface area contributed by atoms with Gasteiger partial charge >= 0.3 is 11.9 Å². The summed E-state index contributed by atoms with van der Waals surface area (Å²) in [7, 11) is 0. The van der Waals surface area contributed by atoms with Gasteiger partial charge < -0.3 is 52.5 Å². The van der Waals surface area contributed by atoms with Crippen LogP contribution in [-0.4, -0.2) is 125 Å². The van der Waals surface area contributed by atoms with Crippen molar-refractivity contribution in [3.63, 3.8) is 0 Å². The maximum atomic E-state index is 13.0. The zero-order valence-electron chi connectivity index (χ0n) is 21.8. The van der Waals surface area contributed by atoms with E-state index in [1.807, 2.05) is 0 Å². The Bertz CT molecular complexity index is 990. The first kappa shape index (κ1) is 33.7. The molecular formula is C22H35N7O11. The highest BCUT2D eigenvalue weighted by Crippen LogP contribution is 2.19. The van der Waals surface area contributed by atoms with E-state index in [4.69, 9.17) is 10.8 Å². The van der Waals surface area contributed by atoms with Crippen LogP contribution in [0.4, 0.5) is 0 Å². The number of carboxylic acids is 2. The predicted molar refractivity (Wildman–Crippen MR) is 133 cm³/mol. The number of amides is 6. The minimum Gasteiger partial charge on any atom is -0.481 e. The lowest BCUT2D eigenvalue weighted by atomic mass is 10.1. The van der Waals surface area contributed by atoms with E-state index >= 15 is 0 Å². The van der Waals surface area contributed by atoms with E-state index in [0.29, 0.717) is 6.42 Å². The van der Waals surface area contributed by atoms with Crippen molar-refractivity contribution >= 4 is 47.4 Å². The van der Waals surface area contributed by atoms with Crippen LogP contribution in [0, 0.1) is 0 Å². The summed E-state index contributed by atoms with van der Waals surface area (Å²) in [6.45, 7) is -0.906. The van der Waals surface area contributed by atoms with Gasteiger partial charge in [0.05, 0.1) is 26.2 Å². The third-order valence-electron chi connectivity index (χ3n) is 5.75. The third kappa shape index (κ3) is 11.2. The first-order valence-electron chi connectivity index (χ1n) is 12.3. The quantitative estimate of drug-likeness (QED) is 0.0836. The molecule has 0 aromatic rings. The van der Waals surface area contributed by atoms with E-state index in [9.17, 15) is 48.6 Å². The Hall–Kier alpha value is -4.32. The van der Waals surface area contributed by atoms with Gasteiger partial charge in [0.25, 0.3) is 0 Å². The molecule has 0 aromatic carbocycles. The van der Waals surface area contributed by atoms with Crippen LogP contribution in [0.2, 0.25) is 0 Å². The Morgan fingerprint density at radius 2 is 1.50 bits per heavy atom. The van der Waals surface area contributed by atoms with Gasteiger partial charge in [0.2, 0.25) is 35.4 Å². The van der Waals surface area contributed by atoms with Gasteiger partial charge in [0.15, 0.2) is 0 Å². The van der Waals surface area contributed by atoms with Crippen molar-refractivity contribution in [1.82, 2.24) is 31.5 Å². The number of nitrogens with zero attached hydrogens (tertiary/aromatic N) is 1. The molecule has 1 saturated heterocycles. The largest absolute Gasteiger partial charge is 0.481 e. The van der Waals surface area contributed by atoms with Gasteiger partial charge in [-0.25, -0.2) is 4.79 Å². The molecule has 0 bridgehead atoms. The number of nitrogens with two attached hydrogens (primary N) is 1. The lowest BCUT2D eigenvalue weighted by Crippen LogP contribution is -2.58. The second-order valence-corrected chi connectivity index (χ2v) is 8.81. The summed E-state index contributed by atoms with van der Waals surface area (Å²) in [5.74, 6) is -7.33. The van der Waals surface area contributed by atoms with Gasteiger partial charge in [-0.3, -0.25) is 33.6 Å². The minimum atomic E-state index is -1.53. The molecule has 0 saturated carbocycles. The summed E-state index contributed by atoms with van der Waals surface area (Å²) in [5, 5.41) is 38.9. The molecule has 1 aliphatic rings. The van der Waals surface area contributed by atoms with Gasteiger partial charge in [-0.2, -0.15) is 0 Å². The van der Waals surface area contributed by atoms with E-state index < -0.39 is 97.7 Å². The lowest BCUT2D eigenvalue weighted by molar-refractivity contribution is -0.150. The average molecular weight is 574 g/mol. The Kier molecular flexibility index (Phi) is 14.0. The monoisotopic (exact) mass is 573 g/mol. The Labute approximate surface area is 228 Å². The van der Waals surface area contributed by atoms with Crippen molar-refractivity contribution in [3.8, 4) is 0 Å². The Morgan fingerprint density at radius 1 is 0.875 bits per heavy atom. The molecular weight excluding hydrogens is 538 g/mol. The summed E-state index contributed by atoms with van der Waals surface area (Å²) >= 11 is 0. The van der Waals surface area contributed by atoms with Crippen molar-refractivity contribution in [2.24, 2.45) is 5.73 Å². The number of nitrogens with one attached hydrogen (secondary N) is 5. The van der Waals surface area contributed by atoms with Crippen LogP contribution in [0.1, 0.15) is 32.6 Å². The van der Waals surface area contributed by atoms with Crippen molar-refractivity contribution < 1.29 is 53.7 Å². The molecule has 10 N–H and O–H groups in total. The van der Waals surface area contributed by atoms with Crippen LogP contribution in [-0.2, 0) is 38.4 Å². The van der Waals surface area contributed by atoms with Gasteiger partial charge in [0, 0.05) is 13.0 Å². The van der Waals surface area contributed by atoms with E-state index in [1.165, 1.54) is 6.92 Å². The SMILES string of the molecule is CC(NC(=O)C(CO)NC(=O)CNC(=O)CNC(=O)CN)C(=O)NC(CCC(=O)O)C(=O)N1CCCC1C(=O)O. The summed E-state index contributed by atoms with van der Waals surface area (Å²) in [6.07, 6.45) is -0.217. The van der Waals surface area contributed by atoms with Crippen LogP contribution in [0.25, 0.3) is 0 Å². The highest BCUT2D eigenvalue weighted by Gasteiger charge is 2.38. The van der Waals surface area contributed by atoms with Crippen LogP contribution in [0.15, 0.2) is 0 Å². The molecule has 4 unspecified atom stereocenters. The van der Waals surface area contributed by atoms with Gasteiger partial charge in [-0.05, 0) is 26.2 Å². The molecule has 18 nitrogen and oxygen atoms in total. The smallest absolute Gasteiger partial charge is 0.326 e. The molecule has 1 heterocycles. The molecule has 224 valence electrons. The highest BCUT2D eigenvalue weighted by atomic mass is 16.4. The normalized spacial score (nSPS) is 16.6. The van der Waals surface area contributed by atoms with E-state index in [0.717, 1.165) is 4.90 Å². The molecule has 0 aromatic heterocycles. The van der Waals surface area contributed by atoms with E-state index in [-0.39, 0.29) is 25.9 Å². The maximum absolute atomic E-state index is 13.0. The minimum absolute atomic E-state index is 0.113. The number of aliphatic hydroxyl groups is 1. The van der Waals surface area contributed by atoms with Crippen LogP contribution in [0.5, 0.6) is 0 Å². The zero-order chi connectivity index (χ0) is 30.4. The van der Waals surface area contributed by atoms with E-state index in [2.05, 4.69) is 26.6 Å². The molecule has 4 atom stereocenters. The van der Waals surface area contributed by atoms with Crippen LogP contribution < -0.4 is 32.3 Å². The lowest BCUT2D eigenvalue weighted by Gasteiger charge is -2.28. The second-order valence-electron chi connectivity index (χ2n) is 8.81. The second kappa shape index (κ2) is 16.6. The van der Waals surface area contributed by atoms with Crippen molar-refractivity contribution in [1.29, 1.82) is 0 Å². The maximum Gasteiger partial charge on any atom is 0.326 e. The average Bonchev–Trinajstić information content (AvgIpc) is 3.41. The Morgan fingerprint density at radius 3 is 2.08 bits per heavy atom. The van der Waals surface area contributed by atoms with Crippen molar-refractivity contribution in [2.75, 3.05) is 32.8 Å². The molecule has 0 radical (unpaired) electrons. The summed E-state index contributed by atoms with van der Waals surface area (Å²) in [5.41, 5.74) is 5.08. The number of aliphatic carboxylic acids is 2. The number of hydrogen-bond acceptors (Lipinski definition) is 10. The van der Waals surface area contributed by atoms with Gasteiger partial charge in [0.1, 0.15) is 24.2 Å². The highest BCUT2D eigenvalue weighted by molar-refractivity contribution is 5.95. The van der Waals surface area contributed by atoms with Crippen LogP contribution >= 0.6 is 0 Å². The standard InChI is InChI=1S/C22H35N7O11/c1-11(26-20(37)13(10-30)27-17(33)9-25-16(32)8-24-15(31)7-23)19(36)28-12(4-5-18(34)35)21(38)29-6-2-3-14(29)22(39)40/h11-14,30H,2-10,23H2,1H3,(H,24,31)(H,25,32)(H,26,37)(H,27,33)(H,28,36)(H,34,35)(H,39,40). The number of hydrogen-bond donors (Lipinski definition) is 9. The first-order valence-corrected chi connectivity index (χ1v) is 12.3. The molecule has 1 aliphatic heterocycles. The predicted octanol–water partition coefficient (Wildman–Crippen LogP) is -5.42. The number of carbonyl (C=O) groups excluding carboxylic acids is 6. The summed E-state index contributed by atoms with van der Waals surface area (Å²) < 4.78 is 0. The molecule has 1 rings (SSSR count). The van der Waals surface area contributed by atoms with Gasteiger partial charge in [-0.15, -0.1) is 0 Å². The number of aliphatic hydroxyl groups excluding tert-OH is 1. The molecule has 0 spiro atoms. The van der Waals surface area contributed by atoms with Crippen molar-refractivity contribution in [2.45, 2.75) is 56.8 Å². The number of likely N-dealkylation sites (tertiary alicyclic amines) is 1. The fraction of sp³-hybridized carbons (Fsp3) is 0.636. The summed E-state index contributed by atoms with van der Waals surface area (Å²) in [6, 6.07) is -5.34. The molecule has 18 heteroatoms. The molecule has 0 aliphatic carbocycles. The summed E-state index contributed by atoms with van der Waals surface area (Å²) in [4.78, 5) is 96.4. The first-order chi connectivity index (χ1) is 18.8. The van der Waals surface area contributed by atoms with Crippen molar-refractivity contribution in [3.05, 3.63) is 0 Å². The van der Waals surface area contributed by atoms with Crippen LogP contribution in [0.3, 0.4) is 0 Å². The fourth-order valence-corrected chi connectivity index (χ4v) is 3.62. The van der Waals surface area contributed by atoms with Gasteiger partial charge in [-0.1, -0.05) is 0 Å².